The second kappa shape index (κ2) is 51.3. The van der Waals surface area contributed by atoms with Crippen LogP contribution in [0, 0.1) is 0 Å². The smallest absolute Gasteiger partial charge is 0.306 e. The lowest BCUT2D eigenvalue weighted by Crippen LogP contribution is -2.30. The zero-order valence-corrected chi connectivity index (χ0v) is 41.4. The van der Waals surface area contributed by atoms with Crippen molar-refractivity contribution in [1.82, 2.24) is 0 Å². The van der Waals surface area contributed by atoms with Crippen molar-refractivity contribution in [3.05, 3.63) is 36.5 Å². The van der Waals surface area contributed by atoms with Crippen LogP contribution in [0.15, 0.2) is 36.5 Å². The molecular weight excluding hydrogens is 769 g/mol. The van der Waals surface area contributed by atoms with Gasteiger partial charge in [-0.25, -0.2) is 0 Å². The molecule has 0 aliphatic carbocycles. The maximum atomic E-state index is 12.8. The second-order valence-electron chi connectivity index (χ2n) is 18.1. The molecule has 0 aromatic carbocycles. The van der Waals surface area contributed by atoms with Gasteiger partial charge < -0.3 is 14.2 Å². The van der Waals surface area contributed by atoms with E-state index in [9.17, 15) is 14.4 Å². The Morgan fingerprint density at radius 1 is 0.323 bits per heavy atom. The van der Waals surface area contributed by atoms with Crippen LogP contribution in [0.3, 0.4) is 0 Å². The van der Waals surface area contributed by atoms with Gasteiger partial charge >= 0.3 is 17.9 Å². The lowest BCUT2D eigenvalue weighted by Gasteiger charge is -2.18. The molecule has 0 aromatic rings. The minimum absolute atomic E-state index is 0.0736. The molecule has 0 fully saturated rings. The normalized spacial score (nSPS) is 12.2. The Hall–Kier alpha value is -2.37. The SMILES string of the molecule is CCCCC/C=C\C/C=C\CCCCCCCCCCCC(=O)OC[C@@H](COC(=O)CCCCCCCCCCCCCC)OC(=O)CCCCCCC/C=C\CCCCCC. The Labute approximate surface area is 385 Å². The van der Waals surface area contributed by atoms with E-state index in [4.69, 9.17) is 14.2 Å². The summed E-state index contributed by atoms with van der Waals surface area (Å²) in [5, 5.41) is 0. The molecule has 0 N–H and O–H groups in total. The summed E-state index contributed by atoms with van der Waals surface area (Å²) >= 11 is 0. The predicted octanol–water partition coefficient (Wildman–Crippen LogP) is 17.7. The molecule has 0 aromatic heterocycles. The monoisotopic (exact) mass is 871 g/mol. The van der Waals surface area contributed by atoms with Crippen molar-refractivity contribution in [3.63, 3.8) is 0 Å². The molecule has 6 heteroatoms. The standard InChI is InChI=1S/C56H102O6/c1-4-7-10-13-16-19-22-25-26-27-28-29-30-32-34-37-40-43-46-49-55(58)61-52-53(51-60-54(57)48-45-42-39-36-33-24-21-18-15-12-9-6-3)62-56(59)50-47-44-41-38-35-31-23-20-17-14-11-8-5-2/h16,19-20,23,25-26,53H,4-15,17-18,21-22,24,27-52H2,1-3H3/b19-16-,23-20-,26-25-/t53-/m1/s1. The van der Waals surface area contributed by atoms with Crippen molar-refractivity contribution >= 4 is 17.9 Å². The third-order valence-corrected chi connectivity index (χ3v) is 11.9. The van der Waals surface area contributed by atoms with E-state index in [1.165, 1.54) is 173 Å². The van der Waals surface area contributed by atoms with Gasteiger partial charge in [-0.1, -0.05) is 224 Å². The van der Waals surface area contributed by atoms with Gasteiger partial charge in [0.15, 0.2) is 6.10 Å². The maximum absolute atomic E-state index is 12.8. The number of ether oxygens (including phenoxy) is 3. The Bertz CT molecular complexity index is 1050. The maximum Gasteiger partial charge on any atom is 0.306 e. The first-order chi connectivity index (χ1) is 30.5. The molecule has 0 saturated heterocycles. The van der Waals surface area contributed by atoms with Crippen LogP contribution in [-0.2, 0) is 28.6 Å². The summed E-state index contributed by atoms with van der Waals surface area (Å²) in [6.45, 7) is 6.61. The first kappa shape index (κ1) is 59.6. The van der Waals surface area contributed by atoms with E-state index in [1.54, 1.807) is 0 Å². The average Bonchev–Trinajstić information content (AvgIpc) is 3.27. The highest BCUT2D eigenvalue weighted by Gasteiger charge is 2.19. The molecule has 1 atom stereocenters. The second-order valence-corrected chi connectivity index (χ2v) is 18.1. The average molecular weight is 871 g/mol. The fourth-order valence-electron chi connectivity index (χ4n) is 7.76. The number of carbonyl (C=O) groups is 3. The van der Waals surface area contributed by atoms with Crippen molar-refractivity contribution in [1.29, 1.82) is 0 Å². The number of esters is 3. The fraction of sp³-hybridized carbons (Fsp3) is 0.839. The molecule has 0 heterocycles. The molecule has 0 rings (SSSR count). The van der Waals surface area contributed by atoms with E-state index in [0.29, 0.717) is 19.3 Å². The topological polar surface area (TPSA) is 78.9 Å². The van der Waals surface area contributed by atoms with E-state index in [-0.39, 0.29) is 31.1 Å². The van der Waals surface area contributed by atoms with Crippen molar-refractivity contribution in [2.75, 3.05) is 13.2 Å². The Balaban J connectivity index is 4.32. The first-order valence-corrected chi connectivity index (χ1v) is 27.0. The quantitative estimate of drug-likeness (QED) is 0.0262. The molecular formula is C56H102O6. The molecule has 6 nitrogen and oxygen atoms in total. The van der Waals surface area contributed by atoms with Gasteiger partial charge in [-0.15, -0.1) is 0 Å². The van der Waals surface area contributed by atoms with Crippen LogP contribution < -0.4 is 0 Å². The van der Waals surface area contributed by atoms with Crippen LogP contribution in [0.1, 0.15) is 284 Å². The van der Waals surface area contributed by atoms with Crippen LogP contribution in [-0.4, -0.2) is 37.2 Å². The zero-order valence-electron chi connectivity index (χ0n) is 41.4. The molecule has 0 aliphatic heterocycles. The molecule has 362 valence electrons. The zero-order chi connectivity index (χ0) is 45.1. The third kappa shape index (κ3) is 48.7. The summed E-state index contributed by atoms with van der Waals surface area (Å²) in [7, 11) is 0. The Morgan fingerprint density at radius 3 is 0.952 bits per heavy atom. The van der Waals surface area contributed by atoms with Gasteiger partial charge in [0.25, 0.3) is 0 Å². The summed E-state index contributed by atoms with van der Waals surface area (Å²) in [6.07, 6.45) is 59.8. The van der Waals surface area contributed by atoms with Crippen molar-refractivity contribution in [2.45, 2.75) is 290 Å². The highest BCUT2D eigenvalue weighted by molar-refractivity contribution is 5.71. The van der Waals surface area contributed by atoms with Crippen molar-refractivity contribution in [2.24, 2.45) is 0 Å². The number of rotatable bonds is 49. The van der Waals surface area contributed by atoms with E-state index < -0.39 is 6.10 Å². The predicted molar refractivity (Wildman–Crippen MR) is 266 cm³/mol. The molecule has 0 radical (unpaired) electrons. The highest BCUT2D eigenvalue weighted by Crippen LogP contribution is 2.15. The summed E-state index contributed by atoms with van der Waals surface area (Å²) in [4.78, 5) is 38.0. The molecule has 0 saturated carbocycles. The largest absolute Gasteiger partial charge is 0.462 e. The van der Waals surface area contributed by atoms with Crippen LogP contribution >= 0.6 is 0 Å². The molecule has 0 amide bonds. The lowest BCUT2D eigenvalue weighted by atomic mass is 10.0. The van der Waals surface area contributed by atoms with Gasteiger partial charge in [-0.2, -0.15) is 0 Å². The lowest BCUT2D eigenvalue weighted by molar-refractivity contribution is -0.167. The van der Waals surface area contributed by atoms with Gasteiger partial charge in [0.2, 0.25) is 0 Å². The van der Waals surface area contributed by atoms with Crippen LogP contribution in [0.2, 0.25) is 0 Å². The van der Waals surface area contributed by atoms with E-state index in [2.05, 4.69) is 57.2 Å². The number of unbranched alkanes of at least 4 members (excludes halogenated alkanes) is 32. The summed E-state index contributed by atoms with van der Waals surface area (Å²) < 4.78 is 16.8. The van der Waals surface area contributed by atoms with Gasteiger partial charge in [0.1, 0.15) is 13.2 Å². The van der Waals surface area contributed by atoms with E-state index >= 15 is 0 Å². The number of allylic oxidation sites excluding steroid dienone is 6. The number of carbonyl (C=O) groups excluding carboxylic acids is 3. The van der Waals surface area contributed by atoms with Crippen LogP contribution in [0.4, 0.5) is 0 Å². The van der Waals surface area contributed by atoms with Crippen molar-refractivity contribution < 1.29 is 28.6 Å². The van der Waals surface area contributed by atoms with Gasteiger partial charge in [0, 0.05) is 19.3 Å². The fourth-order valence-corrected chi connectivity index (χ4v) is 7.76. The Morgan fingerprint density at radius 2 is 0.581 bits per heavy atom. The molecule has 62 heavy (non-hydrogen) atoms. The van der Waals surface area contributed by atoms with Crippen LogP contribution in [0.5, 0.6) is 0 Å². The molecule has 0 aliphatic rings. The first-order valence-electron chi connectivity index (χ1n) is 27.0. The van der Waals surface area contributed by atoms with Crippen molar-refractivity contribution in [3.8, 4) is 0 Å². The molecule has 0 unspecified atom stereocenters. The minimum atomic E-state index is -0.774. The van der Waals surface area contributed by atoms with Crippen LogP contribution in [0.25, 0.3) is 0 Å². The van der Waals surface area contributed by atoms with Gasteiger partial charge in [0.05, 0.1) is 0 Å². The molecule has 0 spiro atoms. The van der Waals surface area contributed by atoms with Gasteiger partial charge in [-0.3, -0.25) is 14.4 Å². The minimum Gasteiger partial charge on any atom is -0.462 e. The summed E-state index contributed by atoms with van der Waals surface area (Å²) in [6, 6.07) is 0. The van der Waals surface area contributed by atoms with E-state index in [0.717, 1.165) is 70.6 Å². The van der Waals surface area contributed by atoms with E-state index in [1.807, 2.05) is 0 Å². The van der Waals surface area contributed by atoms with Gasteiger partial charge in [-0.05, 0) is 77.0 Å². The molecule has 0 bridgehead atoms. The summed E-state index contributed by atoms with van der Waals surface area (Å²) in [5.41, 5.74) is 0. The Kier molecular flexibility index (Phi) is 49.3. The third-order valence-electron chi connectivity index (χ3n) is 11.9. The highest BCUT2D eigenvalue weighted by atomic mass is 16.6. The summed E-state index contributed by atoms with van der Waals surface area (Å²) in [5.74, 6) is -0.875. The number of hydrogen-bond acceptors (Lipinski definition) is 6. The number of hydrogen-bond donors (Lipinski definition) is 0.